The number of aromatic nitrogens is 4. The van der Waals surface area contributed by atoms with Crippen molar-refractivity contribution in [3.05, 3.63) is 78.1 Å². The Morgan fingerprint density at radius 1 is 0.971 bits per heavy atom. The van der Waals surface area contributed by atoms with Gasteiger partial charge in [0.05, 0.1) is 12.0 Å². The first kappa shape index (κ1) is 21.9. The minimum atomic E-state index is -0.0458. The summed E-state index contributed by atoms with van der Waals surface area (Å²) in [6.45, 7) is 8.83. The van der Waals surface area contributed by atoms with Gasteiger partial charge in [0.25, 0.3) is 5.91 Å². The number of carbonyl (C=O) groups excluding carboxylic acids is 1. The van der Waals surface area contributed by atoms with Crippen molar-refractivity contribution in [2.24, 2.45) is 0 Å². The van der Waals surface area contributed by atoms with E-state index in [1.165, 1.54) is 0 Å². The SMILES string of the molecule is Cc1cc(N2CCN(C(=O)c3cc(-c4ccco4)nn3-c3ccccc3)CC2)nc(C(C)C)n1. The van der Waals surface area contributed by atoms with E-state index in [2.05, 4.69) is 28.8 Å². The summed E-state index contributed by atoms with van der Waals surface area (Å²) in [5.74, 6) is 2.63. The number of benzene rings is 1. The fourth-order valence-electron chi connectivity index (χ4n) is 4.14. The maximum Gasteiger partial charge on any atom is 0.272 e. The smallest absolute Gasteiger partial charge is 0.272 e. The van der Waals surface area contributed by atoms with E-state index in [9.17, 15) is 4.79 Å². The van der Waals surface area contributed by atoms with Crippen molar-refractivity contribution in [2.45, 2.75) is 26.7 Å². The summed E-state index contributed by atoms with van der Waals surface area (Å²) in [6, 6.07) is 17.2. The van der Waals surface area contributed by atoms with Crippen LogP contribution in [0.4, 0.5) is 5.82 Å². The molecule has 8 nitrogen and oxygen atoms in total. The van der Waals surface area contributed by atoms with Gasteiger partial charge in [0.2, 0.25) is 0 Å². The van der Waals surface area contributed by atoms with E-state index in [-0.39, 0.29) is 11.8 Å². The number of hydrogen-bond donors (Lipinski definition) is 0. The number of nitrogens with zero attached hydrogens (tertiary/aromatic N) is 6. The van der Waals surface area contributed by atoms with Crippen LogP contribution >= 0.6 is 0 Å². The largest absolute Gasteiger partial charge is 0.463 e. The van der Waals surface area contributed by atoms with Crippen LogP contribution in [0.1, 0.15) is 41.8 Å². The predicted octanol–water partition coefficient (Wildman–Crippen LogP) is 4.32. The molecule has 1 fully saturated rings. The summed E-state index contributed by atoms with van der Waals surface area (Å²) < 4.78 is 7.23. The van der Waals surface area contributed by atoms with E-state index in [1.54, 1.807) is 10.9 Å². The van der Waals surface area contributed by atoms with Gasteiger partial charge in [-0.15, -0.1) is 0 Å². The molecule has 0 radical (unpaired) electrons. The van der Waals surface area contributed by atoms with Crippen molar-refractivity contribution in [1.29, 1.82) is 0 Å². The highest BCUT2D eigenvalue weighted by Crippen LogP contribution is 2.24. The topological polar surface area (TPSA) is 80.3 Å². The molecule has 0 spiro atoms. The zero-order chi connectivity index (χ0) is 23.7. The average molecular weight is 457 g/mol. The summed E-state index contributed by atoms with van der Waals surface area (Å²) in [7, 11) is 0. The molecule has 1 amide bonds. The normalized spacial score (nSPS) is 14.1. The highest BCUT2D eigenvalue weighted by Gasteiger charge is 2.27. The lowest BCUT2D eigenvalue weighted by Gasteiger charge is -2.35. The van der Waals surface area contributed by atoms with Crippen LogP contribution in [0.15, 0.2) is 65.3 Å². The number of amides is 1. The third-order valence-electron chi connectivity index (χ3n) is 5.97. The minimum Gasteiger partial charge on any atom is -0.463 e. The Labute approximate surface area is 198 Å². The number of piperazine rings is 1. The lowest BCUT2D eigenvalue weighted by Crippen LogP contribution is -2.49. The number of furan rings is 1. The molecule has 3 aromatic heterocycles. The molecule has 0 atom stereocenters. The molecular formula is C26H28N6O2. The van der Waals surface area contributed by atoms with Gasteiger partial charge in [-0.2, -0.15) is 5.10 Å². The first-order valence-electron chi connectivity index (χ1n) is 11.6. The first-order chi connectivity index (χ1) is 16.5. The van der Waals surface area contributed by atoms with Gasteiger partial charge < -0.3 is 14.2 Å². The van der Waals surface area contributed by atoms with Crippen LogP contribution in [0.25, 0.3) is 17.1 Å². The second-order valence-electron chi connectivity index (χ2n) is 8.80. The summed E-state index contributed by atoms with van der Waals surface area (Å²) in [5, 5.41) is 4.69. The van der Waals surface area contributed by atoms with Crippen molar-refractivity contribution in [3.63, 3.8) is 0 Å². The Kier molecular flexibility index (Phi) is 5.88. The zero-order valence-corrected chi connectivity index (χ0v) is 19.7. The van der Waals surface area contributed by atoms with Gasteiger partial charge in [-0.3, -0.25) is 4.79 Å². The van der Waals surface area contributed by atoms with E-state index in [1.807, 2.05) is 66.4 Å². The second-order valence-corrected chi connectivity index (χ2v) is 8.80. The number of para-hydroxylation sites is 1. The Hall–Kier alpha value is -3.94. The highest BCUT2D eigenvalue weighted by molar-refractivity contribution is 5.94. The Morgan fingerprint density at radius 2 is 1.74 bits per heavy atom. The van der Waals surface area contributed by atoms with Crippen LogP contribution in [-0.4, -0.2) is 56.7 Å². The quantitative estimate of drug-likeness (QED) is 0.445. The van der Waals surface area contributed by atoms with E-state index in [0.29, 0.717) is 43.3 Å². The fourth-order valence-corrected chi connectivity index (χ4v) is 4.14. The molecular weight excluding hydrogens is 428 g/mol. The standard InChI is InChI=1S/C26H28N6O2/c1-18(2)25-27-19(3)16-24(28-25)30-11-13-31(14-12-30)26(33)22-17-21(23-10-7-15-34-23)29-32(22)20-8-5-4-6-9-20/h4-10,15-18H,11-14H2,1-3H3. The lowest BCUT2D eigenvalue weighted by molar-refractivity contribution is 0.0737. The minimum absolute atomic E-state index is 0.0458. The molecule has 1 aliphatic heterocycles. The third kappa shape index (κ3) is 4.31. The molecule has 0 bridgehead atoms. The second kappa shape index (κ2) is 9.13. The van der Waals surface area contributed by atoms with Gasteiger partial charge >= 0.3 is 0 Å². The lowest BCUT2D eigenvalue weighted by atomic mass is 10.2. The van der Waals surface area contributed by atoms with Crippen LogP contribution < -0.4 is 4.90 Å². The van der Waals surface area contributed by atoms with Gasteiger partial charge in [-0.1, -0.05) is 32.0 Å². The number of anilines is 1. The summed E-state index contributed by atoms with van der Waals surface area (Å²) in [4.78, 5) is 27.0. The van der Waals surface area contributed by atoms with E-state index < -0.39 is 0 Å². The molecule has 0 aliphatic carbocycles. The average Bonchev–Trinajstić information content (AvgIpc) is 3.54. The molecule has 0 N–H and O–H groups in total. The number of rotatable bonds is 5. The van der Waals surface area contributed by atoms with Crippen molar-refractivity contribution in [1.82, 2.24) is 24.6 Å². The fraction of sp³-hybridized carbons (Fsp3) is 0.308. The summed E-state index contributed by atoms with van der Waals surface area (Å²) >= 11 is 0. The Morgan fingerprint density at radius 3 is 2.41 bits per heavy atom. The molecule has 4 aromatic rings. The van der Waals surface area contributed by atoms with E-state index in [4.69, 9.17) is 9.40 Å². The number of carbonyl (C=O) groups is 1. The van der Waals surface area contributed by atoms with E-state index >= 15 is 0 Å². The molecule has 1 saturated heterocycles. The summed E-state index contributed by atoms with van der Waals surface area (Å²) in [5.41, 5.74) is 2.95. The first-order valence-corrected chi connectivity index (χ1v) is 11.6. The van der Waals surface area contributed by atoms with Crippen LogP contribution in [0, 0.1) is 6.92 Å². The van der Waals surface area contributed by atoms with E-state index in [0.717, 1.165) is 23.0 Å². The molecule has 8 heteroatoms. The molecule has 1 aliphatic rings. The Balaban J connectivity index is 1.38. The van der Waals surface area contributed by atoms with Crippen molar-refractivity contribution >= 4 is 11.7 Å². The number of aryl methyl sites for hydroxylation is 1. The maximum absolute atomic E-state index is 13.6. The maximum atomic E-state index is 13.6. The van der Waals surface area contributed by atoms with Crippen molar-refractivity contribution in [2.75, 3.05) is 31.1 Å². The van der Waals surface area contributed by atoms with Crippen molar-refractivity contribution < 1.29 is 9.21 Å². The van der Waals surface area contributed by atoms with Crippen LogP contribution in [-0.2, 0) is 0 Å². The highest BCUT2D eigenvalue weighted by atomic mass is 16.3. The molecule has 1 aromatic carbocycles. The monoisotopic (exact) mass is 456 g/mol. The molecule has 5 rings (SSSR count). The molecule has 0 saturated carbocycles. The van der Waals surface area contributed by atoms with Gasteiger partial charge in [-0.05, 0) is 31.2 Å². The zero-order valence-electron chi connectivity index (χ0n) is 19.7. The molecule has 174 valence electrons. The van der Waals surface area contributed by atoms with Gasteiger partial charge in [0, 0.05) is 49.9 Å². The van der Waals surface area contributed by atoms with Crippen LogP contribution in [0.5, 0.6) is 0 Å². The van der Waals surface area contributed by atoms with Gasteiger partial charge in [0.1, 0.15) is 23.0 Å². The molecule has 4 heterocycles. The Bertz CT molecular complexity index is 1270. The van der Waals surface area contributed by atoms with Crippen molar-refractivity contribution in [3.8, 4) is 17.1 Å². The summed E-state index contributed by atoms with van der Waals surface area (Å²) in [6.07, 6.45) is 1.61. The third-order valence-corrected chi connectivity index (χ3v) is 5.97. The van der Waals surface area contributed by atoms with Gasteiger partial charge in [0.15, 0.2) is 5.76 Å². The molecule has 0 unspecified atom stereocenters. The molecule has 34 heavy (non-hydrogen) atoms. The van der Waals surface area contributed by atoms with Crippen LogP contribution in [0.2, 0.25) is 0 Å². The predicted molar refractivity (Wildman–Crippen MR) is 130 cm³/mol. The van der Waals surface area contributed by atoms with Gasteiger partial charge in [-0.25, -0.2) is 14.6 Å². The van der Waals surface area contributed by atoms with Crippen LogP contribution in [0.3, 0.4) is 0 Å². The number of hydrogen-bond acceptors (Lipinski definition) is 6.